The van der Waals surface area contributed by atoms with Gasteiger partial charge < -0.3 is 16.8 Å². The second-order valence-electron chi connectivity index (χ2n) is 4.50. The third-order valence-corrected chi connectivity index (χ3v) is 3.60. The molecule has 1 aromatic rings. The first-order chi connectivity index (χ1) is 9.15. The number of nitrogens with two attached hydrogens (primary N) is 2. The molecule has 0 heterocycles. The van der Waals surface area contributed by atoms with Gasteiger partial charge in [-0.05, 0) is 43.0 Å². The third kappa shape index (κ3) is 5.87. The van der Waals surface area contributed by atoms with Crippen molar-refractivity contribution in [3.05, 3.63) is 23.8 Å². The molecule has 1 rings (SSSR count). The molecular formula is C14H23N3OS. The molecule has 5 heteroatoms. The van der Waals surface area contributed by atoms with Crippen LogP contribution in [-0.4, -0.2) is 24.5 Å². The fourth-order valence-corrected chi connectivity index (χ4v) is 2.36. The number of primary amides is 1. The predicted molar refractivity (Wildman–Crippen MR) is 84.7 cm³/mol. The van der Waals surface area contributed by atoms with Gasteiger partial charge in [0.2, 0.25) is 0 Å². The van der Waals surface area contributed by atoms with Gasteiger partial charge in [0.25, 0.3) is 5.91 Å². The number of nitrogens with one attached hydrogen (secondary N) is 1. The highest BCUT2D eigenvalue weighted by molar-refractivity contribution is 7.98. The third-order valence-electron chi connectivity index (χ3n) is 2.90. The number of rotatable bonds is 9. The van der Waals surface area contributed by atoms with Crippen LogP contribution in [0, 0.1) is 0 Å². The number of carbonyl (C=O) groups is 1. The molecule has 1 aromatic carbocycles. The van der Waals surface area contributed by atoms with Gasteiger partial charge in [0.05, 0.1) is 5.56 Å². The van der Waals surface area contributed by atoms with E-state index in [9.17, 15) is 4.79 Å². The monoisotopic (exact) mass is 281 g/mol. The highest BCUT2D eigenvalue weighted by Gasteiger charge is 2.07. The van der Waals surface area contributed by atoms with Gasteiger partial charge in [0.15, 0.2) is 0 Å². The van der Waals surface area contributed by atoms with Crippen molar-refractivity contribution >= 4 is 29.0 Å². The largest absolute Gasteiger partial charge is 0.399 e. The van der Waals surface area contributed by atoms with Crippen LogP contribution >= 0.6 is 11.8 Å². The molecule has 0 spiro atoms. The average molecular weight is 281 g/mol. The van der Waals surface area contributed by atoms with Crippen molar-refractivity contribution in [3.63, 3.8) is 0 Å². The summed E-state index contributed by atoms with van der Waals surface area (Å²) in [5.41, 5.74) is 12.8. The molecule has 0 saturated heterocycles. The molecule has 1 amide bonds. The lowest BCUT2D eigenvalue weighted by Gasteiger charge is -2.10. The maximum absolute atomic E-state index is 11.3. The summed E-state index contributed by atoms with van der Waals surface area (Å²) >= 11 is 1.89. The normalized spacial score (nSPS) is 10.4. The predicted octanol–water partition coefficient (Wildman–Crippen LogP) is 2.70. The molecule has 0 aliphatic carbocycles. The van der Waals surface area contributed by atoms with Crippen molar-refractivity contribution in [1.29, 1.82) is 0 Å². The minimum atomic E-state index is -0.449. The minimum Gasteiger partial charge on any atom is -0.399 e. The van der Waals surface area contributed by atoms with Crippen LogP contribution in [0.15, 0.2) is 18.2 Å². The van der Waals surface area contributed by atoms with E-state index in [0.29, 0.717) is 11.3 Å². The van der Waals surface area contributed by atoms with Crippen molar-refractivity contribution < 1.29 is 4.79 Å². The molecule has 0 saturated carbocycles. The standard InChI is InChI=1S/C14H23N3OS/c1-19-9-5-3-2-4-8-17-13-7-6-11(15)10-12(13)14(16)18/h6-7,10,17H,2-5,8-9,15H2,1H3,(H2,16,18). The number of unbranched alkanes of at least 4 members (excludes halogenated alkanes) is 3. The first kappa shape index (κ1) is 15.7. The number of nitrogen functional groups attached to an aromatic ring is 1. The van der Waals surface area contributed by atoms with E-state index in [0.717, 1.165) is 18.7 Å². The van der Waals surface area contributed by atoms with Crippen LogP contribution in [0.5, 0.6) is 0 Å². The number of carbonyl (C=O) groups excluding carboxylic acids is 1. The van der Waals surface area contributed by atoms with Crippen molar-refractivity contribution in [2.45, 2.75) is 25.7 Å². The summed E-state index contributed by atoms with van der Waals surface area (Å²) in [6.45, 7) is 0.851. The molecule has 0 aliphatic rings. The fraction of sp³-hybridized carbons (Fsp3) is 0.500. The molecule has 5 N–H and O–H groups in total. The van der Waals surface area contributed by atoms with E-state index in [-0.39, 0.29) is 0 Å². The van der Waals surface area contributed by atoms with Gasteiger partial charge in [-0.3, -0.25) is 4.79 Å². The molecule has 106 valence electrons. The van der Waals surface area contributed by atoms with Crippen molar-refractivity contribution in [2.75, 3.05) is 29.6 Å². The zero-order chi connectivity index (χ0) is 14.1. The Morgan fingerprint density at radius 2 is 2.00 bits per heavy atom. The Balaban J connectivity index is 2.35. The maximum Gasteiger partial charge on any atom is 0.250 e. The average Bonchev–Trinajstić information content (AvgIpc) is 2.39. The van der Waals surface area contributed by atoms with Crippen molar-refractivity contribution in [3.8, 4) is 0 Å². The van der Waals surface area contributed by atoms with Gasteiger partial charge in [-0.2, -0.15) is 11.8 Å². The van der Waals surface area contributed by atoms with Crippen LogP contribution in [0.25, 0.3) is 0 Å². The number of hydrogen-bond donors (Lipinski definition) is 3. The van der Waals surface area contributed by atoms with Crippen LogP contribution in [0.1, 0.15) is 36.0 Å². The smallest absolute Gasteiger partial charge is 0.250 e. The van der Waals surface area contributed by atoms with E-state index in [1.165, 1.54) is 25.0 Å². The summed E-state index contributed by atoms with van der Waals surface area (Å²) in [5.74, 6) is 0.784. The van der Waals surface area contributed by atoms with Crippen LogP contribution < -0.4 is 16.8 Å². The maximum atomic E-state index is 11.3. The van der Waals surface area contributed by atoms with Gasteiger partial charge in [0, 0.05) is 17.9 Å². The molecule has 0 atom stereocenters. The zero-order valence-electron chi connectivity index (χ0n) is 11.4. The van der Waals surface area contributed by atoms with E-state index < -0.39 is 5.91 Å². The van der Waals surface area contributed by atoms with Gasteiger partial charge in [-0.25, -0.2) is 0 Å². The molecule has 4 nitrogen and oxygen atoms in total. The molecule has 19 heavy (non-hydrogen) atoms. The van der Waals surface area contributed by atoms with Gasteiger partial charge >= 0.3 is 0 Å². The minimum absolute atomic E-state index is 0.449. The summed E-state index contributed by atoms with van der Waals surface area (Å²) in [7, 11) is 0. The summed E-state index contributed by atoms with van der Waals surface area (Å²) in [5, 5.41) is 3.25. The quantitative estimate of drug-likeness (QED) is 0.480. The number of anilines is 2. The fourth-order valence-electron chi connectivity index (χ4n) is 1.87. The first-order valence-corrected chi connectivity index (χ1v) is 7.96. The SMILES string of the molecule is CSCCCCCCNc1ccc(N)cc1C(N)=O. The Kier molecular flexibility index (Phi) is 7.18. The highest BCUT2D eigenvalue weighted by Crippen LogP contribution is 2.18. The Morgan fingerprint density at radius 1 is 1.26 bits per heavy atom. The summed E-state index contributed by atoms with van der Waals surface area (Å²) in [6, 6.07) is 5.19. The molecule has 0 fully saturated rings. The van der Waals surface area contributed by atoms with E-state index in [4.69, 9.17) is 11.5 Å². The van der Waals surface area contributed by atoms with Crippen molar-refractivity contribution in [1.82, 2.24) is 0 Å². The van der Waals surface area contributed by atoms with E-state index >= 15 is 0 Å². The lowest BCUT2D eigenvalue weighted by Crippen LogP contribution is -2.15. The van der Waals surface area contributed by atoms with Gasteiger partial charge in [-0.15, -0.1) is 0 Å². The lowest BCUT2D eigenvalue weighted by molar-refractivity contribution is 0.100. The number of hydrogen-bond acceptors (Lipinski definition) is 4. The number of benzene rings is 1. The van der Waals surface area contributed by atoms with E-state index in [1.54, 1.807) is 12.1 Å². The van der Waals surface area contributed by atoms with E-state index in [2.05, 4.69) is 11.6 Å². The molecule has 0 aromatic heterocycles. The highest BCUT2D eigenvalue weighted by atomic mass is 32.2. The second-order valence-corrected chi connectivity index (χ2v) is 5.49. The van der Waals surface area contributed by atoms with Crippen LogP contribution in [0.2, 0.25) is 0 Å². The van der Waals surface area contributed by atoms with Crippen LogP contribution in [0.3, 0.4) is 0 Å². The summed E-state index contributed by atoms with van der Waals surface area (Å²) < 4.78 is 0. The molecule has 0 unspecified atom stereocenters. The summed E-state index contributed by atoms with van der Waals surface area (Å²) in [6.07, 6.45) is 6.96. The van der Waals surface area contributed by atoms with Gasteiger partial charge in [0.1, 0.15) is 0 Å². The van der Waals surface area contributed by atoms with Crippen LogP contribution in [-0.2, 0) is 0 Å². The van der Waals surface area contributed by atoms with E-state index in [1.807, 2.05) is 17.8 Å². The number of amides is 1. The Hall–Kier alpha value is -1.36. The Labute approximate surface area is 119 Å². The van der Waals surface area contributed by atoms with Crippen molar-refractivity contribution in [2.24, 2.45) is 5.73 Å². The van der Waals surface area contributed by atoms with Gasteiger partial charge in [-0.1, -0.05) is 12.8 Å². The second kappa shape index (κ2) is 8.69. The lowest BCUT2D eigenvalue weighted by atomic mass is 10.1. The molecular weight excluding hydrogens is 258 g/mol. The molecule has 0 aliphatic heterocycles. The first-order valence-electron chi connectivity index (χ1n) is 6.57. The number of thioether (sulfide) groups is 1. The zero-order valence-corrected chi connectivity index (χ0v) is 12.3. The molecule has 0 radical (unpaired) electrons. The summed E-state index contributed by atoms with van der Waals surface area (Å²) in [4.78, 5) is 11.3. The Bertz CT molecular complexity index is 410. The molecule has 0 bridgehead atoms. The Morgan fingerprint density at radius 3 is 2.68 bits per heavy atom. The topological polar surface area (TPSA) is 81.1 Å². The van der Waals surface area contributed by atoms with Crippen LogP contribution in [0.4, 0.5) is 11.4 Å².